The third-order valence-electron chi connectivity index (χ3n) is 4.13. The zero-order chi connectivity index (χ0) is 13.8. The van der Waals surface area contributed by atoms with Gasteiger partial charge in [-0.25, -0.2) is 0 Å². The molecule has 2 aliphatic rings. The van der Waals surface area contributed by atoms with E-state index in [2.05, 4.69) is 5.32 Å². The molecule has 1 amide bonds. The van der Waals surface area contributed by atoms with Crippen LogP contribution in [0.2, 0.25) is 0 Å². The first kappa shape index (κ1) is 13.3. The molecular weight excluding hydrogens is 254 g/mol. The summed E-state index contributed by atoms with van der Waals surface area (Å²) < 4.78 is 10.6. The maximum Gasteiger partial charge on any atom is 0.231 e. The predicted octanol–water partition coefficient (Wildman–Crippen LogP) is 2.65. The van der Waals surface area contributed by atoms with Crippen LogP contribution in [0, 0.1) is 5.92 Å². The number of rotatable bonds is 4. The summed E-state index contributed by atoms with van der Waals surface area (Å²) in [6, 6.07) is 5.95. The summed E-state index contributed by atoms with van der Waals surface area (Å²) in [6.45, 7) is 0.992. The molecule has 1 aliphatic heterocycles. The average Bonchev–Trinajstić information content (AvgIpc) is 2.95. The smallest absolute Gasteiger partial charge is 0.231 e. The van der Waals surface area contributed by atoms with E-state index in [1.807, 2.05) is 18.2 Å². The van der Waals surface area contributed by atoms with E-state index >= 15 is 0 Å². The van der Waals surface area contributed by atoms with Gasteiger partial charge in [-0.05, 0) is 37.0 Å². The lowest BCUT2D eigenvalue weighted by atomic mass is 9.88. The summed E-state index contributed by atoms with van der Waals surface area (Å²) in [5.41, 5.74) is 1.16. The van der Waals surface area contributed by atoms with Crippen molar-refractivity contribution in [1.29, 1.82) is 0 Å². The second-order valence-electron chi connectivity index (χ2n) is 5.56. The molecule has 20 heavy (non-hydrogen) atoms. The van der Waals surface area contributed by atoms with Crippen LogP contribution in [-0.2, 0) is 11.2 Å². The Hall–Kier alpha value is -1.71. The molecule has 1 aliphatic carbocycles. The number of amides is 1. The second-order valence-corrected chi connectivity index (χ2v) is 5.56. The Labute approximate surface area is 119 Å². The van der Waals surface area contributed by atoms with Gasteiger partial charge in [0.15, 0.2) is 11.5 Å². The van der Waals surface area contributed by atoms with Crippen LogP contribution < -0.4 is 14.8 Å². The SMILES string of the molecule is O=C(NCCc1ccc2c(c1)OCO2)C1CCCCC1. The van der Waals surface area contributed by atoms with E-state index in [1.54, 1.807) is 0 Å². The maximum atomic E-state index is 12.0. The molecule has 1 N–H and O–H groups in total. The fourth-order valence-corrected chi connectivity index (χ4v) is 2.94. The van der Waals surface area contributed by atoms with E-state index in [9.17, 15) is 4.79 Å². The van der Waals surface area contributed by atoms with Gasteiger partial charge in [0.1, 0.15) is 0 Å². The van der Waals surface area contributed by atoms with E-state index in [0.29, 0.717) is 13.3 Å². The number of carbonyl (C=O) groups is 1. The van der Waals surface area contributed by atoms with Crippen LogP contribution in [0.4, 0.5) is 0 Å². The quantitative estimate of drug-likeness (QED) is 0.919. The van der Waals surface area contributed by atoms with Crippen LogP contribution >= 0.6 is 0 Å². The minimum atomic E-state index is 0.227. The molecular formula is C16H21NO3. The van der Waals surface area contributed by atoms with Crippen LogP contribution in [-0.4, -0.2) is 19.2 Å². The monoisotopic (exact) mass is 275 g/mol. The molecule has 0 aromatic heterocycles. The third-order valence-corrected chi connectivity index (χ3v) is 4.13. The van der Waals surface area contributed by atoms with Crippen LogP contribution in [0.1, 0.15) is 37.7 Å². The molecule has 0 saturated heterocycles. The van der Waals surface area contributed by atoms with Gasteiger partial charge in [-0.1, -0.05) is 25.3 Å². The van der Waals surface area contributed by atoms with Crippen LogP contribution in [0.5, 0.6) is 11.5 Å². The van der Waals surface area contributed by atoms with Gasteiger partial charge in [0.2, 0.25) is 12.7 Å². The Bertz CT molecular complexity index is 481. The van der Waals surface area contributed by atoms with Crippen molar-refractivity contribution in [2.24, 2.45) is 5.92 Å². The predicted molar refractivity (Wildman–Crippen MR) is 75.9 cm³/mol. The van der Waals surface area contributed by atoms with Gasteiger partial charge in [0.05, 0.1) is 0 Å². The summed E-state index contributed by atoms with van der Waals surface area (Å²) in [6.07, 6.45) is 6.60. The van der Waals surface area contributed by atoms with Crippen LogP contribution in [0.25, 0.3) is 0 Å². The lowest BCUT2D eigenvalue weighted by molar-refractivity contribution is -0.125. The highest BCUT2D eigenvalue weighted by atomic mass is 16.7. The fourth-order valence-electron chi connectivity index (χ4n) is 2.94. The molecule has 3 rings (SSSR count). The Balaban J connectivity index is 1.46. The zero-order valence-electron chi connectivity index (χ0n) is 11.7. The molecule has 1 aromatic carbocycles. The molecule has 1 saturated carbocycles. The minimum Gasteiger partial charge on any atom is -0.454 e. The molecule has 0 spiro atoms. The number of hydrogen-bond donors (Lipinski definition) is 1. The molecule has 108 valence electrons. The number of hydrogen-bond acceptors (Lipinski definition) is 3. The van der Waals surface area contributed by atoms with Gasteiger partial charge in [0.25, 0.3) is 0 Å². The number of carbonyl (C=O) groups excluding carboxylic acids is 1. The Morgan fingerprint density at radius 3 is 2.80 bits per heavy atom. The number of benzene rings is 1. The van der Waals surface area contributed by atoms with Crippen molar-refractivity contribution in [3.8, 4) is 11.5 Å². The van der Waals surface area contributed by atoms with Gasteiger partial charge in [0, 0.05) is 12.5 Å². The fraction of sp³-hybridized carbons (Fsp3) is 0.562. The summed E-state index contributed by atoms with van der Waals surface area (Å²) in [5, 5.41) is 3.06. The molecule has 0 unspecified atom stereocenters. The first-order valence-corrected chi connectivity index (χ1v) is 7.49. The van der Waals surface area contributed by atoms with Crippen molar-refractivity contribution in [3.05, 3.63) is 23.8 Å². The van der Waals surface area contributed by atoms with Gasteiger partial charge in [-0.2, -0.15) is 0 Å². The van der Waals surface area contributed by atoms with Gasteiger partial charge in [-0.3, -0.25) is 4.79 Å². The normalized spacial score (nSPS) is 18.0. The van der Waals surface area contributed by atoms with Gasteiger partial charge in [-0.15, -0.1) is 0 Å². The highest BCUT2D eigenvalue weighted by Gasteiger charge is 2.20. The first-order chi connectivity index (χ1) is 9.83. The summed E-state index contributed by atoms with van der Waals surface area (Å²) in [7, 11) is 0. The standard InChI is InChI=1S/C16H21NO3/c18-16(13-4-2-1-3-5-13)17-9-8-12-6-7-14-15(10-12)20-11-19-14/h6-7,10,13H,1-5,8-9,11H2,(H,17,18). The molecule has 1 aromatic rings. The molecule has 4 heteroatoms. The van der Waals surface area contributed by atoms with Crippen LogP contribution in [0.15, 0.2) is 18.2 Å². The average molecular weight is 275 g/mol. The Morgan fingerprint density at radius 2 is 1.95 bits per heavy atom. The van der Waals surface area contributed by atoms with Gasteiger partial charge >= 0.3 is 0 Å². The first-order valence-electron chi connectivity index (χ1n) is 7.49. The highest BCUT2D eigenvalue weighted by Crippen LogP contribution is 2.32. The number of nitrogens with one attached hydrogen (secondary N) is 1. The Morgan fingerprint density at radius 1 is 1.15 bits per heavy atom. The zero-order valence-corrected chi connectivity index (χ0v) is 11.7. The summed E-state index contributed by atoms with van der Waals surface area (Å²) >= 11 is 0. The van der Waals surface area contributed by atoms with Crippen LogP contribution in [0.3, 0.4) is 0 Å². The molecule has 0 atom stereocenters. The lowest BCUT2D eigenvalue weighted by Gasteiger charge is -2.20. The molecule has 0 radical (unpaired) electrons. The van der Waals surface area contributed by atoms with Crippen molar-refractivity contribution in [2.45, 2.75) is 38.5 Å². The molecule has 1 fully saturated rings. The van der Waals surface area contributed by atoms with E-state index in [0.717, 1.165) is 36.3 Å². The molecule has 0 bridgehead atoms. The van der Waals surface area contributed by atoms with Gasteiger partial charge < -0.3 is 14.8 Å². The molecule has 1 heterocycles. The largest absolute Gasteiger partial charge is 0.454 e. The highest BCUT2D eigenvalue weighted by molar-refractivity contribution is 5.78. The maximum absolute atomic E-state index is 12.0. The number of fused-ring (bicyclic) bond motifs is 1. The summed E-state index contributed by atoms with van der Waals surface area (Å²) in [4.78, 5) is 12.0. The summed E-state index contributed by atoms with van der Waals surface area (Å²) in [5.74, 6) is 2.08. The minimum absolute atomic E-state index is 0.227. The molecule has 4 nitrogen and oxygen atoms in total. The Kier molecular flexibility index (Phi) is 4.09. The third kappa shape index (κ3) is 3.06. The van der Waals surface area contributed by atoms with Crippen molar-refractivity contribution in [1.82, 2.24) is 5.32 Å². The number of ether oxygens (including phenoxy) is 2. The van der Waals surface area contributed by atoms with E-state index in [4.69, 9.17) is 9.47 Å². The second kappa shape index (κ2) is 6.16. The van der Waals surface area contributed by atoms with E-state index in [-0.39, 0.29) is 11.8 Å². The van der Waals surface area contributed by atoms with Crippen molar-refractivity contribution in [2.75, 3.05) is 13.3 Å². The van der Waals surface area contributed by atoms with E-state index < -0.39 is 0 Å². The van der Waals surface area contributed by atoms with Crippen molar-refractivity contribution in [3.63, 3.8) is 0 Å². The van der Waals surface area contributed by atoms with Crippen molar-refractivity contribution >= 4 is 5.91 Å². The van der Waals surface area contributed by atoms with Crippen molar-refractivity contribution < 1.29 is 14.3 Å². The topological polar surface area (TPSA) is 47.6 Å². The lowest BCUT2D eigenvalue weighted by Crippen LogP contribution is -2.33. The van der Waals surface area contributed by atoms with E-state index in [1.165, 1.54) is 19.3 Å².